The summed E-state index contributed by atoms with van der Waals surface area (Å²) in [4.78, 5) is 12.0. The maximum atomic E-state index is 12.0. The van der Waals surface area contributed by atoms with Crippen molar-refractivity contribution in [3.05, 3.63) is 11.8 Å². The van der Waals surface area contributed by atoms with Crippen molar-refractivity contribution < 1.29 is 4.79 Å². The fourth-order valence-corrected chi connectivity index (χ4v) is 1.85. The lowest BCUT2D eigenvalue weighted by Gasteiger charge is -2.12. The highest BCUT2D eigenvalue weighted by atomic mass is 16.1. The van der Waals surface area contributed by atoms with E-state index in [1.807, 2.05) is 33.9 Å². The molecule has 0 aliphatic rings. The van der Waals surface area contributed by atoms with Crippen LogP contribution in [0.4, 0.5) is 5.82 Å². The smallest absolute Gasteiger partial charge is 0.228 e. The summed E-state index contributed by atoms with van der Waals surface area (Å²) < 4.78 is 1.68. The molecule has 102 valence electrons. The molecule has 1 aromatic rings. The Labute approximate surface area is 109 Å². The Morgan fingerprint density at radius 2 is 2.17 bits per heavy atom. The number of nitrogens with two attached hydrogens (primary N) is 1. The second-order valence-electron chi connectivity index (χ2n) is 5.09. The standard InChI is InChI=1S/C13H24N4O/c1-9(6-5-7-10(2)14)13(18)15-12-8-11(3)16-17(12)4/h8-10H,5-7,14H2,1-4H3,(H,15,18). The van der Waals surface area contributed by atoms with Crippen LogP contribution in [0.25, 0.3) is 0 Å². The zero-order chi connectivity index (χ0) is 13.7. The van der Waals surface area contributed by atoms with E-state index in [0.29, 0.717) is 0 Å². The molecule has 5 heteroatoms. The zero-order valence-electron chi connectivity index (χ0n) is 11.7. The van der Waals surface area contributed by atoms with Crippen molar-refractivity contribution in [1.82, 2.24) is 9.78 Å². The molecule has 1 heterocycles. The summed E-state index contributed by atoms with van der Waals surface area (Å²) in [5, 5.41) is 7.09. The van der Waals surface area contributed by atoms with Gasteiger partial charge in [0.25, 0.3) is 0 Å². The van der Waals surface area contributed by atoms with Crippen molar-refractivity contribution >= 4 is 11.7 Å². The molecule has 0 radical (unpaired) electrons. The largest absolute Gasteiger partial charge is 0.328 e. The van der Waals surface area contributed by atoms with Gasteiger partial charge in [-0.1, -0.05) is 13.3 Å². The van der Waals surface area contributed by atoms with Gasteiger partial charge >= 0.3 is 0 Å². The number of hydrogen-bond donors (Lipinski definition) is 2. The summed E-state index contributed by atoms with van der Waals surface area (Å²) in [5.74, 6) is 0.790. The van der Waals surface area contributed by atoms with Gasteiger partial charge in [-0.25, -0.2) is 0 Å². The topological polar surface area (TPSA) is 72.9 Å². The summed E-state index contributed by atoms with van der Waals surface area (Å²) in [7, 11) is 1.82. The lowest BCUT2D eigenvalue weighted by molar-refractivity contribution is -0.119. The molecule has 1 amide bonds. The lowest BCUT2D eigenvalue weighted by Crippen LogP contribution is -2.22. The highest BCUT2D eigenvalue weighted by Crippen LogP contribution is 2.13. The zero-order valence-corrected chi connectivity index (χ0v) is 11.7. The minimum absolute atomic E-state index is 0.000967. The van der Waals surface area contributed by atoms with E-state index in [9.17, 15) is 4.79 Å². The van der Waals surface area contributed by atoms with Crippen molar-refractivity contribution in [2.45, 2.75) is 46.1 Å². The van der Waals surface area contributed by atoms with Crippen LogP contribution < -0.4 is 11.1 Å². The van der Waals surface area contributed by atoms with Gasteiger partial charge in [0.1, 0.15) is 5.82 Å². The monoisotopic (exact) mass is 252 g/mol. The molecule has 0 saturated heterocycles. The molecule has 18 heavy (non-hydrogen) atoms. The Kier molecular flexibility index (Phi) is 5.34. The van der Waals surface area contributed by atoms with E-state index in [1.54, 1.807) is 4.68 Å². The van der Waals surface area contributed by atoms with Gasteiger partial charge in [-0.3, -0.25) is 9.48 Å². The van der Waals surface area contributed by atoms with Crippen LogP contribution in [0.1, 0.15) is 38.8 Å². The number of aryl methyl sites for hydroxylation is 2. The van der Waals surface area contributed by atoms with E-state index < -0.39 is 0 Å². The quantitative estimate of drug-likeness (QED) is 0.811. The molecule has 5 nitrogen and oxygen atoms in total. The Hall–Kier alpha value is -1.36. The van der Waals surface area contributed by atoms with E-state index >= 15 is 0 Å². The molecule has 1 rings (SSSR count). The summed E-state index contributed by atoms with van der Waals surface area (Å²) in [6.45, 7) is 5.84. The maximum Gasteiger partial charge on any atom is 0.228 e. The number of hydrogen-bond acceptors (Lipinski definition) is 3. The number of anilines is 1. The lowest BCUT2D eigenvalue weighted by atomic mass is 10.0. The highest BCUT2D eigenvalue weighted by molar-refractivity contribution is 5.91. The molecule has 0 saturated carbocycles. The molecule has 0 fully saturated rings. The fraction of sp³-hybridized carbons (Fsp3) is 0.692. The van der Waals surface area contributed by atoms with Gasteiger partial charge in [0, 0.05) is 25.1 Å². The number of aromatic nitrogens is 2. The SMILES string of the molecule is Cc1cc(NC(=O)C(C)CCCC(C)N)n(C)n1. The maximum absolute atomic E-state index is 12.0. The fourth-order valence-electron chi connectivity index (χ4n) is 1.85. The van der Waals surface area contributed by atoms with Gasteiger partial charge in [0.05, 0.1) is 5.69 Å². The minimum Gasteiger partial charge on any atom is -0.328 e. The first-order valence-electron chi connectivity index (χ1n) is 6.47. The van der Waals surface area contributed by atoms with Gasteiger partial charge in [-0.2, -0.15) is 5.10 Å². The summed E-state index contributed by atoms with van der Waals surface area (Å²) in [6.07, 6.45) is 2.81. The first-order chi connectivity index (χ1) is 8.40. The van der Waals surface area contributed by atoms with Gasteiger partial charge in [-0.15, -0.1) is 0 Å². The number of carbonyl (C=O) groups is 1. The van der Waals surface area contributed by atoms with Crippen molar-refractivity contribution in [2.75, 3.05) is 5.32 Å². The molecule has 0 aliphatic carbocycles. The van der Waals surface area contributed by atoms with Crippen LogP contribution in [0.2, 0.25) is 0 Å². The summed E-state index contributed by atoms with van der Waals surface area (Å²) in [6, 6.07) is 2.08. The molecule has 0 aromatic carbocycles. The molecular formula is C13H24N4O. The third-order valence-corrected chi connectivity index (χ3v) is 3.00. The first kappa shape index (κ1) is 14.7. The average molecular weight is 252 g/mol. The van der Waals surface area contributed by atoms with Gasteiger partial charge in [0.2, 0.25) is 5.91 Å². The van der Waals surface area contributed by atoms with Crippen molar-refractivity contribution in [2.24, 2.45) is 18.7 Å². The molecule has 1 aromatic heterocycles. The van der Waals surface area contributed by atoms with E-state index in [-0.39, 0.29) is 17.9 Å². The second-order valence-corrected chi connectivity index (χ2v) is 5.09. The van der Waals surface area contributed by atoms with Crippen LogP contribution in [-0.2, 0) is 11.8 Å². The van der Waals surface area contributed by atoms with Crippen LogP contribution in [0.5, 0.6) is 0 Å². The number of amides is 1. The van der Waals surface area contributed by atoms with Crippen LogP contribution in [0, 0.1) is 12.8 Å². The van der Waals surface area contributed by atoms with E-state index in [0.717, 1.165) is 30.8 Å². The summed E-state index contributed by atoms with van der Waals surface area (Å²) >= 11 is 0. The van der Waals surface area contributed by atoms with Gasteiger partial charge < -0.3 is 11.1 Å². The number of carbonyl (C=O) groups excluding carboxylic acids is 1. The van der Waals surface area contributed by atoms with Crippen LogP contribution in [0.3, 0.4) is 0 Å². The summed E-state index contributed by atoms with van der Waals surface area (Å²) in [5.41, 5.74) is 6.59. The normalized spacial score (nSPS) is 14.3. The Morgan fingerprint density at radius 1 is 1.50 bits per heavy atom. The predicted molar refractivity (Wildman–Crippen MR) is 73.2 cm³/mol. The Morgan fingerprint density at radius 3 is 2.67 bits per heavy atom. The minimum atomic E-state index is -0.000967. The number of nitrogens with one attached hydrogen (secondary N) is 1. The van der Waals surface area contributed by atoms with Crippen molar-refractivity contribution in [3.63, 3.8) is 0 Å². The van der Waals surface area contributed by atoms with E-state index in [4.69, 9.17) is 5.73 Å². The number of nitrogens with zero attached hydrogens (tertiary/aromatic N) is 2. The third-order valence-electron chi connectivity index (χ3n) is 3.00. The van der Waals surface area contributed by atoms with Crippen molar-refractivity contribution in [3.8, 4) is 0 Å². The van der Waals surface area contributed by atoms with Crippen molar-refractivity contribution in [1.29, 1.82) is 0 Å². The third kappa shape index (κ3) is 4.49. The Balaban J connectivity index is 2.42. The van der Waals surface area contributed by atoms with Gasteiger partial charge in [-0.05, 0) is 26.7 Å². The van der Waals surface area contributed by atoms with Crippen LogP contribution in [0.15, 0.2) is 6.07 Å². The Bertz CT molecular complexity index is 398. The second kappa shape index (κ2) is 6.54. The molecule has 2 atom stereocenters. The average Bonchev–Trinajstić information content (AvgIpc) is 2.56. The first-order valence-corrected chi connectivity index (χ1v) is 6.47. The number of rotatable bonds is 6. The molecule has 3 N–H and O–H groups in total. The van der Waals surface area contributed by atoms with Crippen LogP contribution >= 0.6 is 0 Å². The molecule has 2 unspecified atom stereocenters. The molecule has 0 spiro atoms. The van der Waals surface area contributed by atoms with Gasteiger partial charge in [0.15, 0.2) is 0 Å². The molecule has 0 bridgehead atoms. The molecule has 0 aliphatic heterocycles. The van der Waals surface area contributed by atoms with E-state index in [2.05, 4.69) is 10.4 Å². The molecular weight excluding hydrogens is 228 g/mol. The van der Waals surface area contributed by atoms with Crippen LogP contribution in [-0.4, -0.2) is 21.7 Å². The predicted octanol–water partition coefficient (Wildman–Crippen LogP) is 1.82. The highest BCUT2D eigenvalue weighted by Gasteiger charge is 2.14. The van der Waals surface area contributed by atoms with E-state index in [1.165, 1.54) is 0 Å².